The molecule has 0 bridgehead atoms. The van der Waals surface area contributed by atoms with Gasteiger partial charge in [-0.1, -0.05) is 55.8 Å². The highest BCUT2D eigenvalue weighted by Crippen LogP contribution is 2.12. The molecule has 0 aliphatic rings. The van der Waals surface area contributed by atoms with Crippen molar-refractivity contribution >= 4 is 18.0 Å². The monoisotopic (exact) mass is 428 g/mol. The number of alkyl carbamates (subject to hydrolysis) is 1. The summed E-state index contributed by atoms with van der Waals surface area (Å²) in [6, 6.07) is 13.7. The van der Waals surface area contributed by atoms with Crippen LogP contribution in [0, 0.1) is 0 Å². The Morgan fingerprint density at radius 2 is 1.61 bits per heavy atom. The van der Waals surface area contributed by atoms with E-state index in [9.17, 15) is 19.5 Å². The lowest BCUT2D eigenvalue weighted by molar-refractivity contribution is -0.145. The number of ether oxygens (including phenoxy) is 2. The number of hydrogen-bond acceptors (Lipinski definition) is 6. The first-order valence-corrected chi connectivity index (χ1v) is 10.1. The fourth-order valence-corrected chi connectivity index (χ4v) is 2.94. The number of carbonyl (C=O) groups is 3. The third-order valence-corrected chi connectivity index (χ3v) is 4.58. The summed E-state index contributed by atoms with van der Waals surface area (Å²) in [5, 5.41) is 14.6. The van der Waals surface area contributed by atoms with Crippen molar-refractivity contribution in [3.05, 3.63) is 65.7 Å². The Hall–Kier alpha value is -3.55. The van der Waals surface area contributed by atoms with E-state index in [2.05, 4.69) is 10.6 Å². The van der Waals surface area contributed by atoms with Crippen LogP contribution in [0.2, 0.25) is 0 Å². The maximum Gasteiger partial charge on any atom is 0.408 e. The summed E-state index contributed by atoms with van der Waals surface area (Å²) < 4.78 is 9.99. The van der Waals surface area contributed by atoms with Crippen molar-refractivity contribution in [2.24, 2.45) is 0 Å². The second-order valence-electron chi connectivity index (χ2n) is 7.00. The SMILES string of the molecule is CCCC(NC(=O)OCc1ccccc1)C(=O)NC(Cc1ccc(O)cc1)C(=O)OC. The number of hydrogen-bond donors (Lipinski definition) is 3. The summed E-state index contributed by atoms with van der Waals surface area (Å²) in [7, 11) is 1.24. The zero-order chi connectivity index (χ0) is 22.6. The van der Waals surface area contributed by atoms with Gasteiger partial charge in [0, 0.05) is 6.42 Å². The summed E-state index contributed by atoms with van der Waals surface area (Å²) in [5.74, 6) is -1.01. The van der Waals surface area contributed by atoms with E-state index in [1.165, 1.54) is 19.2 Å². The second kappa shape index (κ2) is 12.2. The van der Waals surface area contributed by atoms with Gasteiger partial charge in [0.05, 0.1) is 7.11 Å². The number of aromatic hydroxyl groups is 1. The van der Waals surface area contributed by atoms with Gasteiger partial charge >= 0.3 is 12.1 Å². The van der Waals surface area contributed by atoms with E-state index in [-0.39, 0.29) is 18.8 Å². The minimum atomic E-state index is -0.941. The third-order valence-electron chi connectivity index (χ3n) is 4.58. The Morgan fingerprint density at radius 3 is 2.23 bits per heavy atom. The van der Waals surface area contributed by atoms with Gasteiger partial charge in [0.25, 0.3) is 0 Å². The fraction of sp³-hybridized carbons (Fsp3) is 0.348. The van der Waals surface area contributed by atoms with E-state index >= 15 is 0 Å². The van der Waals surface area contributed by atoms with E-state index in [1.807, 2.05) is 37.3 Å². The molecule has 0 heterocycles. The lowest BCUT2D eigenvalue weighted by Crippen LogP contribution is -2.52. The third kappa shape index (κ3) is 8.00. The van der Waals surface area contributed by atoms with Crippen LogP contribution < -0.4 is 10.6 Å². The maximum absolute atomic E-state index is 12.8. The number of nitrogens with one attached hydrogen (secondary N) is 2. The van der Waals surface area contributed by atoms with E-state index in [1.54, 1.807) is 12.1 Å². The zero-order valence-electron chi connectivity index (χ0n) is 17.7. The molecule has 0 spiro atoms. The van der Waals surface area contributed by atoms with E-state index < -0.39 is 30.1 Å². The molecule has 0 fully saturated rings. The molecule has 3 N–H and O–H groups in total. The first-order valence-electron chi connectivity index (χ1n) is 10.1. The Labute approximate surface area is 181 Å². The Bertz CT molecular complexity index is 854. The van der Waals surface area contributed by atoms with Crippen molar-refractivity contribution < 1.29 is 29.0 Å². The predicted molar refractivity (Wildman–Crippen MR) is 114 cm³/mol. The molecule has 0 radical (unpaired) electrons. The molecule has 2 rings (SSSR count). The minimum Gasteiger partial charge on any atom is -0.508 e. The van der Waals surface area contributed by atoms with Gasteiger partial charge in [-0.05, 0) is 29.7 Å². The van der Waals surface area contributed by atoms with Gasteiger partial charge < -0.3 is 25.2 Å². The van der Waals surface area contributed by atoms with Gasteiger partial charge in [0.15, 0.2) is 0 Å². The van der Waals surface area contributed by atoms with Crippen LogP contribution in [0.4, 0.5) is 4.79 Å². The molecule has 0 aromatic heterocycles. The molecule has 31 heavy (non-hydrogen) atoms. The number of amides is 2. The van der Waals surface area contributed by atoms with Gasteiger partial charge in [-0.15, -0.1) is 0 Å². The van der Waals surface area contributed by atoms with Gasteiger partial charge in [-0.25, -0.2) is 9.59 Å². The highest BCUT2D eigenvalue weighted by molar-refractivity contribution is 5.89. The number of esters is 1. The lowest BCUT2D eigenvalue weighted by atomic mass is 10.0. The second-order valence-corrected chi connectivity index (χ2v) is 7.00. The predicted octanol–water partition coefficient (Wildman–Crippen LogP) is 2.69. The van der Waals surface area contributed by atoms with E-state index in [0.29, 0.717) is 12.8 Å². The standard InChI is InChI=1S/C23H28N2O6/c1-3-7-19(25-23(29)31-15-17-8-5-4-6-9-17)21(27)24-20(22(28)30-2)14-16-10-12-18(26)13-11-16/h4-6,8-13,19-20,26H,3,7,14-15H2,1-2H3,(H,24,27)(H,25,29). The van der Waals surface area contributed by atoms with Crippen molar-refractivity contribution in [2.75, 3.05) is 7.11 Å². The normalized spacial score (nSPS) is 12.3. The van der Waals surface area contributed by atoms with Gasteiger partial charge in [-0.3, -0.25) is 4.79 Å². The molecule has 166 valence electrons. The van der Waals surface area contributed by atoms with Crippen molar-refractivity contribution in [1.82, 2.24) is 10.6 Å². The summed E-state index contributed by atoms with van der Waals surface area (Å²) >= 11 is 0. The number of methoxy groups -OCH3 is 1. The smallest absolute Gasteiger partial charge is 0.408 e. The van der Waals surface area contributed by atoms with Crippen LogP contribution in [0.5, 0.6) is 5.75 Å². The van der Waals surface area contributed by atoms with E-state index in [0.717, 1.165) is 11.1 Å². The number of rotatable bonds is 10. The van der Waals surface area contributed by atoms with Crippen molar-refractivity contribution in [3.8, 4) is 5.75 Å². The first kappa shape index (κ1) is 23.7. The summed E-state index contributed by atoms with van der Waals surface area (Å²) in [6.45, 7) is 1.96. The van der Waals surface area contributed by atoms with Crippen LogP contribution in [0.25, 0.3) is 0 Å². The molecule has 8 nitrogen and oxygen atoms in total. The molecule has 0 aliphatic carbocycles. The lowest BCUT2D eigenvalue weighted by Gasteiger charge is -2.22. The summed E-state index contributed by atoms with van der Waals surface area (Å²) in [5.41, 5.74) is 1.56. The molecule has 0 saturated heterocycles. The largest absolute Gasteiger partial charge is 0.508 e. The number of carbonyl (C=O) groups excluding carboxylic acids is 3. The Kier molecular flexibility index (Phi) is 9.35. The van der Waals surface area contributed by atoms with Crippen molar-refractivity contribution in [2.45, 2.75) is 44.9 Å². The van der Waals surface area contributed by atoms with Crippen molar-refractivity contribution in [3.63, 3.8) is 0 Å². The highest BCUT2D eigenvalue weighted by Gasteiger charge is 2.27. The molecule has 0 saturated carbocycles. The zero-order valence-corrected chi connectivity index (χ0v) is 17.7. The molecule has 2 atom stereocenters. The first-order chi connectivity index (χ1) is 14.9. The maximum atomic E-state index is 12.8. The molecule has 0 aliphatic heterocycles. The highest BCUT2D eigenvalue weighted by atomic mass is 16.5. The molecular weight excluding hydrogens is 400 g/mol. The van der Waals surface area contributed by atoms with Crippen LogP contribution in [0.3, 0.4) is 0 Å². The van der Waals surface area contributed by atoms with E-state index in [4.69, 9.17) is 9.47 Å². The molecule has 2 unspecified atom stereocenters. The summed E-state index contributed by atoms with van der Waals surface area (Å²) in [6.07, 6.45) is 0.471. The Balaban J connectivity index is 1.98. The topological polar surface area (TPSA) is 114 Å². The number of phenolic OH excluding ortho intramolecular Hbond substituents is 1. The van der Waals surface area contributed by atoms with Gasteiger partial charge in [0.1, 0.15) is 24.4 Å². The van der Waals surface area contributed by atoms with Crippen LogP contribution >= 0.6 is 0 Å². The fourth-order valence-electron chi connectivity index (χ4n) is 2.94. The average Bonchev–Trinajstić information content (AvgIpc) is 2.78. The van der Waals surface area contributed by atoms with Crippen LogP contribution in [-0.4, -0.2) is 42.3 Å². The molecule has 2 aromatic carbocycles. The van der Waals surface area contributed by atoms with Gasteiger partial charge in [-0.2, -0.15) is 0 Å². The molecule has 2 aromatic rings. The number of phenols is 1. The molecular formula is C23H28N2O6. The van der Waals surface area contributed by atoms with Crippen molar-refractivity contribution in [1.29, 1.82) is 0 Å². The minimum absolute atomic E-state index is 0.0821. The number of benzene rings is 2. The molecule has 8 heteroatoms. The average molecular weight is 428 g/mol. The summed E-state index contributed by atoms with van der Waals surface area (Å²) in [4.78, 5) is 37.1. The van der Waals surface area contributed by atoms with Crippen LogP contribution in [0.15, 0.2) is 54.6 Å². The van der Waals surface area contributed by atoms with Crippen LogP contribution in [0.1, 0.15) is 30.9 Å². The molecule has 2 amide bonds. The Morgan fingerprint density at radius 1 is 0.935 bits per heavy atom. The van der Waals surface area contributed by atoms with Gasteiger partial charge in [0.2, 0.25) is 5.91 Å². The van der Waals surface area contributed by atoms with Crippen LogP contribution in [-0.2, 0) is 32.1 Å². The quantitative estimate of drug-likeness (QED) is 0.502.